The third kappa shape index (κ3) is 7.61. The standard InChI is InChI=1S/C29H41NO4/c1-7-8-9-13-22(23-14-10-15-26(33-5)28(23)34-6)20-27(32)30-25-19-21(12-11-18-31)16-17-24(25)29(2,3)4/h10,14-19,22H,7-9,11-13,20H2,1-6H3,(H,30,32). The van der Waals surface area contributed by atoms with Crippen molar-refractivity contribution in [2.75, 3.05) is 19.5 Å². The molecule has 2 aromatic rings. The summed E-state index contributed by atoms with van der Waals surface area (Å²) in [7, 11) is 3.27. The number of nitrogens with one attached hydrogen (secondary N) is 1. The van der Waals surface area contributed by atoms with Gasteiger partial charge >= 0.3 is 0 Å². The van der Waals surface area contributed by atoms with Gasteiger partial charge in [0.25, 0.3) is 0 Å². The normalized spacial score (nSPS) is 12.2. The first-order chi connectivity index (χ1) is 16.2. The minimum Gasteiger partial charge on any atom is -0.493 e. The summed E-state index contributed by atoms with van der Waals surface area (Å²) in [4.78, 5) is 24.2. The molecule has 5 heteroatoms. The molecule has 1 N–H and O–H groups in total. The van der Waals surface area contributed by atoms with Crippen molar-refractivity contribution in [2.45, 2.75) is 84.0 Å². The van der Waals surface area contributed by atoms with Crippen LogP contribution >= 0.6 is 0 Å². The van der Waals surface area contributed by atoms with E-state index < -0.39 is 0 Å². The van der Waals surface area contributed by atoms with E-state index in [4.69, 9.17) is 9.47 Å². The van der Waals surface area contributed by atoms with E-state index in [0.717, 1.165) is 54.3 Å². The number of ether oxygens (including phenoxy) is 2. The molecule has 2 rings (SSSR count). The first-order valence-corrected chi connectivity index (χ1v) is 12.3. The minimum absolute atomic E-state index is 0.0212. The van der Waals surface area contributed by atoms with Crippen LogP contribution in [0.15, 0.2) is 36.4 Å². The smallest absolute Gasteiger partial charge is 0.224 e. The molecule has 186 valence electrons. The van der Waals surface area contributed by atoms with Crippen LogP contribution < -0.4 is 14.8 Å². The zero-order valence-corrected chi connectivity index (χ0v) is 21.7. The van der Waals surface area contributed by atoms with Crippen LogP contribution in [0.1, 0.15) is 88.8 Å². The van der Waals surface area contributed by atoms with Crippen molar-refractivity contribution in [3.63, 3.8) is 0 Å². The van der Waals surface area contributed by atoms with Crippen molar-refractivity contribution in [3.8, 4) is 11.5 Å². The van der Waals surface area contributed by atoms with Crippen LogP contribution in [-0.2, 0) is 21.4 Å². The summed E-state index contributed by atoms with van der Waals surface area (Å²) >= 11 is 0. The van der Waals surface area contributed by atoms with Crippen molar-refractivity contribution in [1.82, 2.24) is 0 Å². The van der Waals surface area contributed by atoms with Crippen LogP contribution in [0.3, 0.4) is 0 Å². The monoisotopic (exact) mass is 467 g/mol. The lowest BCUT2D eigenvalue weighted by Crippen LogP contribution is -2.21. The zero-order chi connectivity index (χ0) is 25.1. The summed E-state index contributed by atoms with van der Waals surface area (Å²) in [6.45, 7) is 8.59. The molecule has 0 aromatic heterocycles. The highest BCUT2D eigenvalue weighted by Gasteiger charge is 2.24. The van der Waals surface area contributed by atoms with Gasteiger partial charge < -0.3 is 19.6 Å². The van der Waals surface area contributed by atoms with Crippen LogP contribution in [0.2, 0.25) is 0 Å². The van der Waals surface area contributed by atoms with Gasteiger partial charge in [0.2, 0.25) is 5.91 Å². The van der Waals surface area contributed by atoms with Gasteiger partial charge in [-0.05, 0) is 47.4 Å². The molecule has 0 spiro atoms. The van der Waals surface area contributed by atoms with Crippen LogP contribution in [0.4, 0.5) is 5.69 Å². The van der Waals surface area contributed by atoms with Gasteiger partial charge in [-0.15, -0.1) is 0 Å². The molecule has 0 saturated heterocycles. The highest BCUT2D eigenvalue weighted by atomic mass is 16.5. The Kier molecular flexibility index (Phi) is 10.6. The molecule has 0 fully saturated rings. The molecule has 0 bridgehead atoms. The van der Waals surface area contributed by atoms with E-state index in [-0.39, 0.29) is 17.2 Å². The van der Waals surface area contributed by atoms with E-state index in [1.807, 2.05) is 24.3 Å². The quantitative estimate of drug-likeness (QED) is 0.259. The van der Waals surface area contributed by atoms with Gasteiger partial charge in [-0.1, -0.05) is 71.2 Å². The number of rotatable bonds is 13. The lowest BCUT2D eigenvalue weighted by Gasteiger charge is -2.25. The fraction of sp³-hybridized carbons (Fsp3) is 0.517. The van der Waals surface area contributed by atoms with Crippen LogP contribution in [0, 0.1) is 0 Å². The van der Waals surface area contributed by atoms with Crippen LogP contribution in [0.5, 0.6) is 11.5 Å². The fourth-order valence-electron chi connectivity index (χ4n) is 4.40. The molecule has 0 aliphatic rings. The van der Waals surface area contributed by atoms with Gasteiger partial charge in [-0.2, -0.15) is 0 Å². The number of aryl methyl sites for hydroxylation is 1. The Morgan fingerprint density at radius 1 is 1.09 bits per heavy atom. The lowest BCUT2D eigenvalue weighted by molar-refractivity contribution is -0.116. The van der Waals surface area contributed by atoms with Crippen LogP contribution in [0.25, 0.3) is 0 Å². The summed E-state index contributed by atoms with van der Waals surface area (Å²) < 4.78 is 11.2. The number of para-hydroxylation sites is 1. The Bertz CT molecular complexity index is 946. The second-order valence-electron chi connectivity index (χ2n) is 9.86. The molecule has 2 aromatic carbocycles. The van der Waals surface area contributed by atoms with E-state index in [1.54, 1.807) is 14.2 Å². The number of unbranched alkanes of at least 4 members (excludes halogenated alkanes) is 2. The summed E-state index contributed by atoms with van der Waals surface area (Å²) in [5, 5.41) is 3.19. The number of anilines is 1. The molecule has 5 nitrogen and oxygen atoms in total. The molecule has 1 unspecified atom stereocenters. The lowest BCUT2D eigenvalue weighted by atomic mass is 9.84. The molecule has 0 saturated carbocycles. The molecular weight excluding hydrogens is 426 g/mol. The Morgan fingerprint density at radius 3 is 2.47 bits per heavy atom. The highest BCUT2D eigenvalue weighted by molar-refractivity contribution is 5.92. The predicted molar refractivity (Wildman–Crippen MR) is 139 cm³/mol. The third-order valence-electron chi connectivity index (χ3n) is 6.18. The number of carbonyl (C=O) groups is 2. The summed E-state index contributed by atoms with van der Waals surface area (Å²) in [6.07, 6.45) is 6.61. The van der Waals surface area contributed by atoms with Crippen molar-refractivity contribution in [1.29, 1.82) is 0 Å². The van der Waals surface area contributed by atoms with Gasteiger partial charge in [0.15, 0.2) is 11.5 Å². The molecule has 1 amide bonds. The number of carbonyl (C=O) groups excluding carboxylic acids is 2. The fourth-order valence-corrected chi connectivity index (χ4v) is 4.40. The average Bonchev–Trinajstić information content (AvgIpc) is 2.80. The third-order valence-corrected chi connectivity index (χ3v) is 6.18. The second-order valence-corrected chi connectivity index (χ2v) is 9.86. The molecule has 1 atom stereocenters. The van der Waals surface area contributed by atoms with Crippen LogP contribution in [-0.4, -0.2) is 26.4 Å². The number of aldehydes is 1. The summed E-state index contributed by atoms with van der Waals surface area (Å²) in [5.74, 6) is 1.38. The first-order valence-electron chi connectivity index (χ1n) is 12.3. The Labute approximate surface area is 205 Å². The topological polar surface area (TPSA) is 64.6 Å². The van der Waals surface area contributed by atoms with Crippen molar-refractivity contribution in [3.05, 3.63) is 53.1 Å². The molecule has 0 heterocycles. The van der Waals surface area contributed by atoms with E-state index >= 15 is 0 Å². The zero-order valence-electron chi connectivity index (χ0n) is 21.7. The SMILES string of the molecule is CCCCCC(CC(=O)Nc1cc(CCC=O)ccc1C(C)(C)C)c1cccc(OC)c1OC. The van der Waals surface area contributed by atoms with Crippen molar-refractivity contribution >= 4 is 17.9 Å². The maximum atomic E-state index is 13.3. The number of amides is 1. The number of hydrogen-bond acceptors (Lipinski definition) is 4. The first kappa shape index (κ1) is 27.4. The van der Waals surface area contributed by atoms with E-state index in [9.17, 15) is 9.59 Å². The Balaban J connectivity index is 2.33. The molecular formula is C29H41NO4. The molecule has 34 heavy (non-hydrogen) atoms. The summed E-state index contributed by atoms with van der Waals surface area (Å²) in [5.41, 5.74) is 3.83. The largest absolute Gasteiger partial charge is 0.493 e. The second kappa shape index (κ2) is 13.2. The van der Waals surface area contributed by atoms with Gasteiger partial charge in [0, 0.05) is 24.1 Å². The Morgan fingerprint density at radius 2 is 1.85 bits per heavy atom. The van der Waals surface area contributed by atoms with E-state index in [0.29, 0.717) is 30.8 Å². The number of methoxy groups -OCH3 is 2. The van der Waals surface area contributed by atoms with Crippen molar-refractivity contribution < 1.29 is 19.1 Å². The highest BCUT2D eigenvalue weighted by Crippen LogP contribution is 2.39. The predicted octanol–water partition coefficient (Wildman–Crippen LogP) is 6.83. The maximum absolute atomic E-state index is 13.3. The van der Waals surface area contributed by atoms with Gasteiger partial charge in [0.1, 0.15) is 6.29 Å². The number of benzene rings is 2. The minimum atomic E-state index is -0.123. The molecule has 0 aliphatic heterocycles. The summed E-state index contributed by atoms with van der Waals surface area (Å²) in [6, 6.07) is 12.0. The molecule has 0 aliphatic carbocycles. The molecule has 0 radical (unpaired) electrons. The average molecular weight is 468 g/mol. The van der Waals surface area contributed by atoms with Gasteiger partial charge in [-0.3, -0.25) is 4.79 Å². The van der Waals surface area contributed by atoms with Gasteiger partial charge in [0.05, 0.1) is 14.2 Å². The van der Waals surface area contributed by atoms with E-state index in [1.165, 1.54) is 0 Å². The van der Waals surface area contributed by atoms with E-state index in [2.05, 4.69) is 45.1 Å². The maximum Gasteiger partial charge on any atom is 0.224 e. The Hall–Kier alpha value is -2.82. The van der Waals surface area contributed by atoms with Crippen molar-refractivity contribution in [2.24, 2.45) is 0 Å². The number of hydrogen-bond donors (Lipinski definition) is 1. The van der Waals surface area contributed by atoms with Gasteiger partial charge in [-0.25, -0.2) is 0 Å².